The van der Waals surface area contributed by atoms with Gasteiger partial charge in [0.05, 0.1) is 5.92 Å². The van der Waals surface area contributed by atoms with Crippen LogP contribution in [0.2, 0.25) is 0 Å². The van der Waals surface area contributed by atoms with Crippen molar-refractivity contribution in [1.29, 1.82) is 0 Å². The van der Waals surface area contributed by atoms with Gasteiger partial charge in [-0.05, 0) is 19.8 Å². The van der Waals surface area contributed by atoms with E-state index in [4.69, 9.17) is 0 Å². The monoisotopic (exact) mass is 285 g/mol. The highest BCUT2D eigenvalue weighted by Gasteiger charge is 2.41. The molecule has 0 bridgehead atoms. The Labute approximate surface area is 113 Å². The van der Waals surface area contributed by atoms with Gasteiger partial charge in [0, 0.05) is 24.8 Å². The molecule has 1 aliphatic rings. The SMILES string of the molecule is Cc1cc(N2CCC(C(F)(F)F)CC2)n2ncnc2n1. The lowest BCUT2D eigenvalue weighted by Gasteiger charge is -2.34. The molecule has 0 aliphatic carbocycles. The van der Waals surface area contributed by atoms with Gasteiger partial charge in [0.2, 0.25) is 0 Å². The second-order valence-corrected chi connectivity index (χ2v) is 5.03. The Kier molecular flexibility index (Phi) is 3.02. The quantitative estimate of drug-likeness (QED) is 0.806. The van der Waals surface area contributed by atoms with E-state index in [1.807, 2.05) is 17.9 Å². The van der Waals surface area contributed by atoms with Crippen LogP contribution < -0.4 is 4.90 Å². The van der Waals surface area contributed by atoms with Gasteiger partial charge in [-0.1, -0.05) is 0 Å². The third-order valence-electron chi connectivity index (χ3n) is 3.64. The number of anilines is 1. The summed E-state index contributed by atoms with van der Waals surface area (Å²) in [4.78, 5) is 10.2. The number of aryl methyl sites for hydroxylation is 1. The largest absolute Gasteiger partial charge is 0.391 e. The van der Waals surface area contributed by atoms with E-state index >= 15 is 0 Å². The summed E-state index contributed by atoms with van der Waals surface area (Å²) in [6, 6.07) is 1.83. The van der Waals surface area contributed by atoms with Gasteiger partial charge in [-0.15, -0.1) is 0 Å². The maximum atomic E-state index is 12.7. The van der Waals surface area contributed by atoms with Crippen LogP contribution in [0.25, 0.3) is 5.78 Å². The highest BCUT2D eigenvalue weighted by atomic mass is 19.4. The zero-order chi connectivity index (χ0) is 14.3. The van der Waals surface area contributed by atoms with Crippen molar-refractivity contribution in [2.24, 2.45) is 5.92 Å². The van der Waals surface area contributed by atoms with Crippen LogP contribution >= 0.6 is 0 Å². The molecule has 0 saturated carbocycles. The second kappa shape index (κ2) is 4.60. The van der Waals surface area contributed by atoms with E-state index in [-0.39, 0.29) is 12.8 Å². The maximum absolute atomic E-state index is 12.7. The minimum absolute atomic E-state index is 0.112. The Balaban J connectivity index is 1.85. The Bertz CT molecular complexity index is 613. The van der Waals surface area contributed by atoms with E-state index in [9.17, 15) is 13.2 Å². The number of hydrogen-bond donors (Lipinski definition) is 0. The third-order valence-corrected chi connectivity index (χ3v) is 3.64. The summed E-state index contributed by atoms with van der Waals surface area (Å²) < 4.78 is 39.6. The zero-order valence-corrected chi connectivity index (χ0v) is 10.9. The first-order valence-corrected chi connectivity index (χ1v) is 6.44. The molecule has 1 saturated heterocycles. The fourth-order valence-corrected chi connectivity index (χ4v) is 2.57. The number of nitrogens with zero attached hydrogens (tertiary/aromatic N) is 5. The predicted molar refractivity (Wildman–Crippen MR) is 66.5 cm³/mol. The van der Waals surface area contributed by atoms with Crippen LogP contribution in [0.3, 0.4) is 0 Å². The van der Waals surface area contributed by atoms with Crippen molar-refractivity contribution >= 4 is 11.6 Å². The highest BCUT2D eigenvalue weighted by Crippen LogP contribution is 2.35. The van der Waals surface area contributed by atoms with Crippen LogP contribution in [0.4, 0.5) is 19.0 Å². The molecular formula is C12H14F3N5. The minimum Gasteiger partial charge on any atom is -0.356 e. The molecule has 0 amide bonds. The van der Waals surface area contributed by atoms with E-state index in [2.05, 4.69) is 15.1 Å². The number of fused-ring (bicyclic) bond motifs is 1. The molecule has 0 aromatic carbocycles. The molecule has 3 heterocycles. The molecule has 108 valence electrons. The number of halogens is 3. The first kappa shape index (κ1) is 13.1. The van der Waals surface area contributed by atoms with Crippen LogP contribution in [0.5, 0.6) is 0 Å². The van der Waals surface area contributed by atoms with Crippen LogP contribution in [-0.4, -0.2) is 38.8 Å². The lowest BCUT2D eigenvalue weighted by atomic mass is 9.96. The molecule has 0 N–H and O–H groups in total. The van der Waals surface area contributed by atoms with Gasteiger partial charge < -0.3 is 4.90 Å². The Morgan fingerprint density at radius 2 is 1.95 bits per heavy atom. The van der Waals surface area contributed by atoms with Crippen molar-refractivity contribution in [2.45, 2.75) is 25.9 Å². The molecule has 0 spiro atoms. The first-order chi connectivity index (χ1) is 9.45. The second-order valence-electron chi connectivity index (χ2n) is 5.03. The van der Waals surface area contributed by atoms with Crippen LogP contribution in [0.15, 0.2) is 12.4 Å². The van der Waals surface area contributed by atoms with E-state index in [1.165, 1.54) is 6.33 Å². The normalized spacial score (nSPS) is 17.9. The first-order valence-electron chi connectivity index (χ1n) is 6.44. The summed E-state index contributed by atoms with van der Waals surface area (Å²) in [5.41, 5.74) is 0.776. The number of rotatable bonds is 1. The lowest BCUT2D eigenvalue weighted by Crippen LogP contribution is -2.39. The molecular weight excluding hydrogens is 271 g/mol. The van der Waals surface area contributed by atoms with Gasteiger partial charge in [-0.25, -0.2) is 4.98 Å². The average Bonchev–Trinajstić information content (AvgIpc) is 2.85. The molecule has 8 heteroatoms. The van der Waals surface area contributed by atoms with Crippen molar-refractivity contribution in [3.05, 3.63) is 18.1 Å². The molecule has 0 unspecified atom stereocenters. The summed E-state index contributed by atoms with van der Waals surface area (Å²) in [5, 5.41) is 4.08. The maximum Gasteiger partial charge on any atom is 0.391 e. The summed E-state index contributed by atoms with van der Waals surface area (Å²) in [7, 11) is 0. The number of aromatic nitrogens is 4. The van der Waals surface area contributed by atoms with Crippen molar-refractivity contribution < 1.29 is 13.2 Å². The van der Waals surface area contributed by atoms with Crippen LogP contribution in [0.1, 0.15) is 18.5 Å². The van der Waals surface area contributed by atoms with Gasteiger partial charge in [0.15, 0.2) is 0 Å². The topological polar surface area (TPSA) is 46.3 Å². The van der Waals surface area contributed by atoms with E-state index in [0.29, 0.717) is 18.9 Å². The van der Waals surface area contributed by atoms with E-state index in [1.54, 1.807) is 4.52 Å². The van der Waals surface area contributed by atoms with Gasteiger partial charge >= 0.3 is 6.18 Å². The molecule has 1 aliphatic heterocycles. The molecule has 2 aromatic heterocycles. The Morgan fingerprint density at radius 1 is 1.25 bits per heavy atom. The Morgan fingerprint density at radius 3 is 2.60 bits per heavy atom. The molecule has 0 atom stereocenters. The molecule has 0 radical (unpaired) electrons. The van der Waals surface area contributed by atoms with Crippen LogP contribution in [0, 0.1) is 12.8 Å². The number of alkyl halides is 3. The molecule has 3 rings (SSSR count). The fraction of sp³-hybridized carbons (Fsp3) is 0.583. The van der Waals surface area contributed by atoms with Crippen molar-refractivity contribution in [3.8, 4) is 0 Å². The number of hydrogen-bond acceptors (Lipinski definition) is 4. The standard InChI is InChI=1S/C12H14F3N5/c1-8-6-10(20-11(18-8)16-7-17-20)19-4-2-9(3-5-19)12(13,14)15/h6-7,9H,2-5H2,1H3. The van der Waals surface area contributed by atoms with Gasteiger partial charge in [0.25, 0.3) is 5.78 Å². The number of piperidine rings is 1. The van der Waals surface area contributed by atoms with E-state index < -0.39 is 12.1 Å². The van der Waals surface area contributed by atoms with Crippen molar-refractivity contribution in [2.75, 3.05) is 18.0 Å². The van der Waals surface area contributed by atoms with Crippen molar-refractivity contribution in [1.82, 2.24) is 19.6 Å². The summed E-state index contributed by atoms with van der Waals surface area (Å²) in [6.45, 7) is 2.56. The summed E-state index contributed by atoms with van der Waals surface area (Å²) in [6.07, 6.45) is -2.47. The molecule has 1 fully saturated rings. The van der Waals surface area contributed by atoms with Gasteiger partial charge in [-0.2, -0.15) is 27.8 Å². The Hall–Kier alpha value is -1.86. The van der Waals surface area contributed by atoms with Gasteiger partial charge in [0.1, 0.15) is 12.1 Å². The molecule has 20 heavy (non-hydrogen) atoms. The van der Waals surface area contributed by atoms with Crippen LogP contribution in [-0.2, 0) is 0 Å². The molecule has 2 aromatic rings. The zero-order valence-electron chi connectivity index (χ0n) is 10.9. The lowest BCUT2D eigenvalue weighted by molar-refractivity contribution is -0.179. The predicted octanol–water partition coefficient (Wildman–Crippen LogP) is 2.21. The van der Waals surface area contributed by atoms with E-state index in [0.717, 1.165) is 11.5 Å². The fourth-order valence-electron chi connectivity index (χ4n) is 2.57. The highest BCUT2D eigenvalue weighted by molar-refractivity contribution is 5.47. The summed E-state index contributed by atoms with van der Waals surface area (Å²) >= 11 is 0. The smallest absolute Gasteiger partial charge is 0.356 e. The average molecular weight is 285 g/mol. The third kappa shape index (κ3) is 2.30. The summed E-state index contributed by atoms with van der Waals surface area (Å²) in [5.74, 6) is 0.0245. The van der Waals surface area contributed by atoms with Crippen molar-refractivity contribution in [3.63, 3.8) is 0 Å². The van der Waals surface area contributed by atoms with Gasteiger partial charge in [-0.3, -0.25) is 0 Å². The minimum atomic E-state index is -4.09. The molecule has 5 nitrogen and oxygen atoms in total.